The van der Waals surface area contributed by atoms with Crippen LogP contribution in [0, 0.1) is 11.3 Å². The van der Waals surface area contributed by atoms with Crippen LogP contribution in [0.3, 0.4) is 0 Å². The van der Waals surface area contributed by atoms with Crippen molar-refractivity contribution >= 4 is 22.7 Å². The summed E-state index contributed by atoms with van der Waals surface area (Å²) in [6, 6.07) is 13.6. The molecule has 136 valence electrons. The minimum atomic E-state index is -1.20. The van der Waals surface area contributed by atoms with Gasteiger partial charge in [-0.2, -0.15) is 5.26 Å². The summed E-state index contributed by atoms with van der Waals surface area (Å²) in [7, 11) is 0. The first-order valence-electron chi connectivity index (χ1n) is 8.19. The van der Waals surface area contributed by atoms with Crippen molar-refractivity contribution in [2.24, 2.45) is 0 Å². The van der Waals surface area contributed by atoms with Gasteiger partial charge in [-0.25, -0.2) is 9.78 Å². The van der Waals surface area contributed by atoms with E-state index in [0.29, 0.717) is 47.5 Å². The zero-order valence-corrected chi connectivity index (χ0v) is 14.3. The molecular formula is C19H16N4O4. The van der Waals surface area contributed by atoms with Crippen LogP contribution in [0.1, 0.15) is 12.0 Å². The molecule has 8 heteroatoms. The second kappa shape index (κ2) is 8.01. The highest BCUT2D eigenvalue weighted by Crippen LogP contribution is 2.17. The third-order valence-corrected chi connectivity index (χ3v) is 3.88. The lowest BCUT2D eigenvalue weighted by molar-refractivity contribution is 0.210. The molecule has 0 saturated heterocycles. The average Bonchev–Trinajstić information content (AvgIpc) is 2.67. The van der Waals surface area contributed by atoms with Crippen LogP contribution < -0.4 is 15.6 Å². The van der Waals surface area contributed by atoms with E-state index >= 15 is 0 Å². The Balaban J connectivity index is 1.70. The summed E-state index contributed by atoms with van der Waals surface area (Å²) in [6.07, 6.45) is 0.798. The number of aryl methyl sites for hydroxylation is 1. The molecule has 3 aromatic rings. The summed E-state index contributed by atoms with van der Waals surface area (Å²) >= 11 is 0. The minimum Gasteiger partial charge on any atom is -0.492 e. The second-order valence-electron chi connectivity index (χ2n) is 5.72. The number of nitrogens with one attached hydrogen (secondary N) is 1. The van der Waals surface area contributed by atoms with Gasteiger partial charge in [0.1, 0.15) is 11.8 Å². The lowest BCUT2D eigenvalue weighted by Gasteiger charge is -2.10. The molecule has 2 N–H and O–H groups in total. The number of hydrogen-bond acceptors (Lipinski definition) is 5. The number of hydrogen-bond donors (Lipinski definition) is 2. The van der Waals surface area contributed by atoms with Gasteiger partial charge in [0.25, 0.3) is 5.56 Å². The van der Waals surface area contributed by atoms with Crippen LogP contribution in [0.2, 0.25) is 0 Å². The maximum Gasteiger partial charge on any atom is 0.409 e. The maximum absolute atomic E-state index is 12.6. The quantitative estimate of drug-likeness (QED) is 0.650. The molecular weight excluding hydrogens is 348 g/mol. The average molecular weight is 364 g/mol. The van der Waals surface area contributed by atoms with E-state index in [1.807, 2.05) is 0 Å². The molecule has 0 fully saturated rings. The normalized spacial score (nSPS) is 10.3. The Morgan fingerprint density at radius 3 is 2.89 bits per heavy atom. The van der Waals surface area contributed by atoms with Crippen molar-refractivity contribution in [3.63, 3.8) is 0 Å². The van der Waals surface area contributed by atoms with Gasteiger partial charge >= 0.3 is 6.09 Å². The highest BCUT2D eigenvalue weighted by Gasteiger charge is 2.07. The van der Waals surface area contributed by atoms with E-state index in [4.69, 9.17) is 15.1 Å². The van der Waals surface area contributed by atoms with Crippen molar-refractivity contribution < 1.29 is 14.6 Å². The SMILES string of the molecule is N#Cc1ccccc1OCCCn1cnc2ccc(NC(=O)O)cc2c1=O. The Morgan fingerprint density at radius 2 is 2.11 bits per heavy atom. The summed E-state index contributed by atoms with van der Waals surface area (Å²) in [4.78, 5) is 27.6. The molecule has 27 heavy (non-hydrogen) atoms. The fraction of sp³-hybridized carbons (Fsp3) is 0.158. The molecule has 0 unspecified atom stereocenters. The Labute approximate surface area is 154 Å². The molecule has 0 spiro atoms. The lowest BCUT2D eigenvalue weighted by Crippen LogP contribution is -2.22. The van der Waals surface area contributed by atoms with Gasteiger partial charge < -0.3 is 9.84 Å². The molecule has 1 heterocycles. The second-order valence-corrected chi connectivity index (χ2v) is 5.72. The predicted molar refractivity (Wildman–Crippen MR) is 98.9 cm³/mol. The van der Waals surface area contributed by atoms with Crippen molar-refractivity contribution in [1.82, 2.24) is 9.55 Å². The molecule has 8 nitrogen and oxygen atoms in total. The summed E-state index contributed by atoms with van der Waals surface area (Å²) in [5.41, 5.74) is 1.00. The Bertz CT molecular complexity index is 1080. The molecule has 0 bridgehead atoms. The van der Waals surface area contributed by atoms with Crippen LogP contribution >= 0.6 is 0 Å². The van der Waals surface area contributed by atoms with Crippen molar-refractivity contribution in [3.8, 4) is 11.8 Å². The van der Waals surface area contributed by atoms with Crippen molar-refractivity contribution in [1.29, 1.82) is 5.26 Å². The van der Waals surface area contributed by atoms with E-state index in [9.17, 15) is 9.59 Å². The number of benzene rings is 2. The Hall–Kier alpha value is -3.86. The predicted octanol–water partition coefficient (Wildman–Crippen LogP) is 2.83. The van der Waals surface area contributed by atoms with Crippen LogP contribution in [-0.2, 0) is 6.54 Å². The molecule has 0 atom stereocenters. The van der Waals surface area contributed by atoms with Gasteiger partial charge in [-0.05, 0) is 36.8 Å². The number of carbonyl (C=O) groups is 1. The number of amides is 1. The van der Waals surface area contributed by atoms with E-state index in [2.05, 4.69) is 16.4 Å². The molecule has 0 aliphatic carbocycles. The minimum absolute atomic E-state index is 0.258. The number of rotatable bonds is 6. The lowest BCUT2D eigenvalue weighted by atomic mass is 10.2. The zero-order chi connectivity index (χ0) is 19.2. The standard InChI is InChI=1S/C19H16N4O4/c20-11-13-4-1-2-5-17(13)27-9-3-8-23-12-21-16-7-6-14(22-19(25)26)10-15(16)18(23)24/h1-2,4-7,10,12,22H,3,8-9H2,(H,25,26). The number of para-hydroxylation sites is 1. The van der Waals surface area contributed by atoms with Gasteiger partial charge in [-0.1, -0.05) is 12.1 Å². The first-order valence-corrected chi connectivity index (χ1v) is 8.19. The summed E-state index contributed by atoms with van der Waals surface area (Å²) in [6.45, 7) is 0.719. The topological polar surface area (TPSA) is 117 Å². The van der Waals surface area contributed by atoms with Crippen LogP contribution in [0.15, 0.2) is 53.6 Å². The number of nitriles is 1. The van der Waals surface area contributed by atoms with E-state index in [1.54, 1.807) is 36.4 Å². The highest BCUT2D eigenvalue weighted by molar-refractivity contribution is 5.88. The maximum atomic E-state index is 12.6. The molecule has 1 amide bonds. The van der Waals surface area contributed by atoms with Crippen molar-refractivity contribution in [2.75, 3.05) is 11.9 Å². The number of carboxylic acid groups (broad SMARTS) is 1. The van der Waals surface area contributed by atoms with Crippen LogP contribution in [0.25, 0.3) is 10.9 Å². The van der Waals surface area contributed by atoms with Gasteiger partial charge in [0.2, 0.25) is 0 Å². The zero-order valence-electron chi connectivity index (χ0n) is 14.3. The highest BCUT2D eigenvalue weighted by atomic mass is 16.5. The third-order valence-electron chi connectivity index (χ3n) is 3.88. The number of fused-ring (bicyclic) bond motifs is 1. The fourth-order valence-corrected chi connectivity index (χ4v) is 2.62. The van der Waals surface area contributed by atoms with Gasteiger partial charge in [-0.15, -0.1) is 0 Å². The first kappa shape index (κ1) is 17.9. The third kappa shape index (κ3) is 4.22. The summed E-state index contributed by atoms with van der Waals surface area (Å²) in [5, 5.41) is 20.4. The molecule has 0 saturated carbocycles. The van der Waals surface area contributed by atoms with Crippen LogP contribution in [-0.4, -0.2) is 27.4 Å². The van der Waals surface area contributed by atoms with E-state index in [-0.39, 0.29) is 5.56 Å². The molecule has 0 aliphatic heterocycles. The first-order chi connectivity index (χ1) is 13.1. The van der Waals surface area contributed by atoms with E-state index in [0.717, 1.165) is 0 Å². The number of ether oxygens (including phenoxy) is 1. The Kier molecular flexibility index (Phi) is 5.33. The number of aromatic nitrogens is 2. The Morgan fingerprint density at radius 1 is 1.30 bits per heavy atom. The van der Waals surface area contributed by atoms with Gasteiger partial charge in [0.05, 0.1) is 29.4 Å². The van der Waals surface area contributed by atoms with Gasteiger partial charge in [0.15, 0.2) is 0 Å². The number of anilines is 1. The largest absolute Gasteiger partial charge is 0.492 e. The summed E-state index contributed by atoms with van der Waals surface area (Å²) < 4.78 is 7.06. The molecule has 0 aliphatic rings. The smallest absolute Gasteiger partial charge is 0.409 e. The molecule has 0 radical (unpaired) electrons. The van der Waals surface area contributed by atoms with Gasteiger partial charge in [-0.3, -0.25) is 14.7 Å². The number of nitrogens with zero attached hydrogens (tertiary/aromatic N) is 3. The van der Waals surface area contributed by atoms with Crippen molar-refractivity contribution in [2.45, 2.75) is 13.0 Å². The van der Waals surface area contributed by atoms with Gasteiger partial charge in [0, 0.05) is 12.2 Å². The monoisotopic (exact) mass is 364 g/mol. The fourth-order valence-electron chi connectivity index (χ4n) is 2.62. The van der Waals surface area contributed by atoms with Crippen molar-refractivity contribution in [3.05, 3.63) is 64.7 Å². The van der Waals surface area contributed by atoms with E-state index in [1.165, 1.54) is 17.0 Å². The molecule has 1 aromatic heterocycles. The molecule has 2 aromatic carbocycles. The van der Waals surface area contributed by atoms with Crippen LogP contribution in [0.4, 0.5) is 10.5 Å². The van der Waals surface area contributed by atoms with Crippen LogP contribution in [0.5, 0.6) is 5.75 Å². The van der Waals surface area contributed by atoms with E-state index < -0.39 is 6.09 Å². The summed E-state index contributed by atoms with van der Waals surface area (Å²) in [5.74, 6) is 0.508. The molecule has 3 rings (SSSR count).